The Balaban J connectivity index is 0. The van der Waals surface area contributed by atoms with Crippen LogP contribution in [0.4, 0.5) is 0 Å². The van der Waals surface area contributed by atoms with E-state index in [1.54, 1.807) is 0 Å². The average Bonchev–Trinajstić information content (AvgIpc) is 1.82. The fourth-order valence-electron chi connectivity index (χ4n) is 0.127. The fourth-order valence-corrected chi connectivity index (χ4v) is 0.348. The summed E-state index contributed by atoms with van der Waals surface area (Å²) in [5.41, 5.74) is 0. The monoisotopic (exact) mass is 230 g/mol. The molecule has 0 aliphatic heterocycles. The summed E-state index contributed by atoms with van der Waals surface area (Å²) in [7, 11) is 0. The van der Waals surface area contributed by atoms with Gasteiger partial charge in [-0.2, -0.15) is 0 Å². The van der Waals surface area contributed by atoms with E-state index in [1.807, 2.05) is 0 Å². The molecule has 0 bridgehead atoms. The number of hydrogen-bond acceptors (Lipinski definition) is 5. The summed E-state index contributed by atoms with van der Waals surface area (Å²) in [5.74, 6) is 0. The topological polar surface area (TPSA) is 116 Å². The second kappa shape index (κ2) is 8.96. The van der Waals surface area contributed by atoms with Gasteiger partial charge in [0, 0.05) is 0 Å². The summed E-state index contributed by atoms with van der Waals surface area (Å²) >= 11 is 1.43. The van der Waals surface area contributed by atoms with Crippen molar-refractivity contribution in [2.45, 2.75) is 5.21 Å². The zero-order chi connectivity index (χ0) is 9.28. The first kappa shape index (κ1) is 12.6. The predicted octanol–water partition coefficient (Wildman–Crippen LogP) is -1.10. The summed E-state index contributed by atoms with van der Waals surface area (Å²) in [4.78, 5) is 21.6. The maximum atomic E-state index is 9.35. The summed E-state index contributed by atoms with van der Waals surface area (Å²) < 4.78 is 0. The zero-order valence-electron chi connectivity index (χ0n) is 5.37. The van der Waals surface area contributed by atoms with Crippen LogP contribution in [0, 0.1) is 20.2 Å². The molecule has 8 nitrogen and oxygen atoms in total. The van der Waals surface area contributed by atoms with Crippen molar-refractivity contribution in [2.75, 3.05) is 6.61 Å². The molecule has 0 saturated carbocycles. The van der Waals surface area contributed by atoms with Crippen LogP contribution in [0.25, 0.3) is 0 Å². The maximum absolute atomic E-state index is 9.35. The molecule has 0 aromatic heterocycles. The van der Waals surface area contributed by atoms with E-state index in [4.69, 9.17) is 15.3 Å². The molecule has 0 aliphatic carbocycles. The summed E-state index contributed by atoms with van der Waals surface area (Å²) in [6.45, 7) is 0.229. The van der Waals surface area contributed by atoms with Crippen LogP contribution >= 0.6 is 0 Å². The molecule has 0 heterocycles. The zero-order valence-corrected chi connectivity index (χ0v) is 7.80. The van der Waals surface area contributed by atoms with Gasteiger partial charge in [-0.25, -0.2) is 0 Å². The number of nitrogens with zero attached hydrogens (tertiary/aromatic N) is 2. The van der Waals surface area contributed by atoms with Crippen LogP contribution < -0.4 is 0 Å². The van der Waals surface area contributed by atoms with Crippen LogP contribution in [0.5, 0.6) is 0 Å². The molecule has 0 aromatic carbocycles. The second-order valence-corrected chi connectivity index (χ2v) is 2.29. The average molecular weight is 230 g/mol. The van der Waals surface area contributed by atoms with Crippen molar-refractivity contribution in [3.8, 4) is 0 Å². The molecule has 0 radical (unpaired) electrons. The van der Waals surface area contributed by atoms with Crippen LogP contribution in [0.15, 0.2) is 0 Å². The Kier molecular flexibility index (Phi) is 10.3. The minimum atomic E-state index is -1.50. The third kappa shape index (κ3) is 49.6. The Bertz CT molecular complexity index is 124. The van der Waals surface area contributed by atoms with Gasteiger partial charge in [0.25, 0.3) is 5.09 Å². The molecule has 0 aromatic rings. The van der Waals surface area contributed by atoms with Gasteiger partial charge < -0.3 is 5.21 Å². The van der Waals surface area contributed by atoms with Crippen LogP contribution in [0.1, 0.15) is 0 Å². The molecule has 0 spiro atoms. The first-order chi connectivity index (χ1) is 5.00. The summed E-state index contributed by atoms with van der Waals surface area (Å²) in [6.07, 6.45) is 0. The van der Waals surface area contributed by atoms with Crippen LogP contribution in [-0.4, -0.2) is 38.8 Å². The molecule has 66 valence electrons. The van der Waals surface area contributed by atoms with Crippen LogP contribution in [-0.2, 0) is 4.84 Å². The van der Waals surface area contributed by atoms with Crippen molar-refractivity contribution >= 4 is 16.9 Å². The molecule has 11 heavy (non-hydrogen) atoms. The summed E-state index contributed by atoms with van der Waals surface area (Å²) in [5, 5.41) is 23.0. The van der Waals surface area contributed by atoms with Crippen LogP contribution in [0.2, 0.25) is 5.21 Å². The number of rotatable bonds is 3. The molecule has 0 rings (SSSR count). The first-order valence-electron chi connectivity index (χ1n) is 2.31. The SMILES string of the molecule is O=[N+]([O-])O.O=[N+]([O-])OCC[AsH2]. The first-order valence-corrected chi connectivity index (χ1v) is 4.02. The molecule has 1 unspecified atom stereocenters. The van der Waals surface area contributed by atoms with E-state index >= 15 is 0 Å². The van der Waals surface area contributed by atoms with Crippen molar-refractivity contribution in [1.29, 1.82) is 0 Å². The van der Waals surface area contributed by atoms with Crippen molar-refractivity contribution in [3.63, 3.8) is 0 Å². The molecular formula is C2H7AsN2O6. The molecule has 0 saturated heterocycles. The van der Waals surface area contributed by atoms with Gasteiger partial charge in [-0.05, 0) is 0 Å². The molecule has 1 atom stereocenters. The standard InChI is InChI=1S/C2H6AsNO3.HNO3/c3-1-2-7-4(5)6;2-1(3)4/h1-3H2;(H,2,3,4). The Morgan fingerprint density at radius 2 is 1.82 bits per heavy atom. The Morgan fingerprint density at radius 1 is 1.45 bits per heavy atom. The predicted molar refractivity (Wildman–Crippen MR) is 35.1 cm³/mol. The van der Waals surface area contributed by atoms with E-state index < -0.39 is 10.2 Å². The van der Waals surface area contributed by atoms with Gasteiger partial charge in [0.05, 0.1) is 0 Å². The van der Waals surface area contributed by atoms with Gasteiger partial charge >= 0.3 is 48.7 Å². The van der Waals surface area contributed by atoms with Gasteiger partial charge in [-0.3, -0.25) is 0 Å². The van der Waals surface area contributed by atoms with Gasteiger partial charge in [-0.15, -0.1) is 10.1 Å². The van der Waals surface area contributed by atoms with E-state index in [0.717, 1.165) is 5.21 Å². The minimum absolute atomic E-state index is 0.229. The third-order valence-electron chi connectivity index (χ3n) is 0.315. The Morgan fingerprint density at radius 3 is 1.91 bits per heavy atom. The third-order valence-corrected chi connectivity index (χ3v) is 0.809. The molecule has 0 fully saturated rings. The normalized spacial score (nSPS) is 7.36. The molecule has 0 aliphatic rings. The van der Waals surface area contributed by atoms with E-state index in [2.05, 4.69) is 4.84 Å². The van der Waals surface area contributed by atoms with Crippen molar-refractivity contribution in [2.24, 2.45) is 0 Å². The van der Waals surface area contributed by atoms with Gasteiger partial charge in [0.15, 0.2) is 0 Å². The van der Waals surface area contributed by atoms with E-state index in [1.165, 1.54) is 16.9 Å². The molecular weight excluding hydrogens is 223 g/mol. The van der Waals surface area contributed by atoms with Gasteiger partial charge in [0.2, 0.25) is 0 Å². The van der Waals surface area contributed by atoms with Crippen molar-refractivity contribution in [1.82, 2.24) is 0 Å². The Labute approximate surface area is 69.9 Å². The van der Waals surface area contributed by atoms with E-state index in [0.29, 0.717) is 0 Å². The van der Waals surface area contributed by atoms with E-state index in [-0.39, 0.29) is 6.61 Å². The molecule has 9 heteroatoms. The van der Waals surface area contributed by atoms with Crippen LogP contribution in [0.3, 0.4) is 0 Å². The van der Waals surface area contributed by atoms with Crippen molar-refractivity contribution < 1.29 is 20.2 Å². The van der Waals surface area contributed by atoms with Gasteiger partial charge in [0.1, 0.15) is 0 Å². The second-order valence-electron chi connectivity index (χ2n) is 1.08. The number of hydrogen-bond donors (Lipinski definition) is 1. The summed E-state index contributed by atoms with van der Waals surface area (Å²) in [6, 6.07) is 0. The molecule has 0 amide bonds. The van der Waals surface area contributed by atoms with Gasteiger partial charge in [-0.1, -0.05) is 0 Å². The van der Waals surface area contributed by atoms with Crippen molar-refractivity contribution in [3.05, 3.63) is 20.2 Å². The Hall–Kier alpha value is -1.04. The molecule has 1 N–H and O–H groups in total. The quantitative estimate of drug-likeness (QED) is 0.373. The van der Waals surface area contributed by atoms with E-state index in [9.17, 15) is 10.1 Å². The fraction of sp³-hybridized carbons (Fsp3) is 1.00.